The molecule has 7 nitrogen and oxygen atoms in total. The summed E-state index contributed by atoms with van der Waals surface area (Å²) in [6.07, 6.45) is 0.347. The predicted octanol–water partition coefficient (Wildman–Crippen LogP) is 0.742. The minimum absolute atomic E-state index is 0.0457. The first-order valence-corrected chi connectivity index (χ1v) is 4.87. The van der Waals surface area contributed by atoms with Crippen LogP contribution in [0.15, 0.2) is 0 Å². The average molecular weight is 233 g/mol. The highest BCUT2D eigenvalue weighted by Gasteiger charge is 2.18. The standard InChI is InChI=1S/C9H15NO6/c11-7(12)5-3-1-2-4-6(8(13)14)10-9(15)16/h6,10H,1-5H2,(H,11,12)(H,13,14)(H,15,16). The Kier molecular flexibility index (Phi) is 6.66. The molecule has 0 heterocycles. The Labute approximate surface area is 92.1 Å². The lowest BCUT2D eigenvalue weighted by atomic mass is 10.1. The predicted molar refractivity (Wildman–Crippen MR) is 53.3 cm³/mol. The van der Waals surface area contributed by atoms with Crippen LogP contribution >= 0.6 is 0 Å². The molecule has 0 aromatic heterocycles. The minimum Gasteiger partial charge on any atom is -0.481 e. The van der Waals surface area contributed by atoms with Crippen LogP contribution in [-0.2, 0) is 9.59 Å². The molecule has 0 saturated heterocycles. The molecule has 0 spiro atoms. The van der Waals surface area contributed by atoms with Gasteiger partial charge >= 0.3 is 18.0 Å². The summed E-state index contributed by atoms with van der Waals surface area (Å²) in [5, 5.41) is 27.2. The molecule has 0 saturated carbocycles. The molecule has 0 rings (SSSR count). The summed E-state index contributed by atoms with van der Waals surface area (Å²) < 4.78 is 0. The van der Waals surface area contributed by atoms with Gasteiger partial charge in [-0.25, -0.2) is 9.59 Å². The lowest BCUT2D eigenvalue weighted by molar-refractivity contribution is -0.140. The first kappa shape index (κ1) is 14.2. The monoisotopic (exact) mass is 233 g/mol. The summed E-state index contributed by atoms with van der Waals surface area (Å²) in [5.41, 5.74) is 0. The van der Waals surface area contributed by atoms with E-state index in [1.165, 1.54) is 0 Å². The maximum atomic E-state index is 10.6. The number of carbonyl (C=O) groups is 3. The van der Waals surface area contributed by atoms with E-state index in [2.05, 4.69) is 0 Å². The maximum Gasteiger partial charge on any atom is 0.405 e. The zero-order valence-corrected chi connectivity index (χ0v) is 8.68. The molecule has 7 heteroatoms. The normalized spacial score (nSPS) is 11.8. The van der Waals surface area contributed by atoms with Crippen molar-refractivity contribution in [3.05, 3.63) is 0 Å². The Balaban J connectivity index is 3.72. The molecular weight excluding hydrogens is 218 g/mol. The van der Waals surface area contributed by atoms with E-state index in [1.807, 2.05) is 5.32 Å². The van der Waals surface area contributed by atoms with Gasteiger partial charge in [0.05, 0.1) is 0 Å². The first-order valence-electron chi connectivity index (χ1n) is 4.87. The second-order valence-corrected chi connectivity index (χ2v) is 3.33. The van der Waals surface area contributed by atoms with Crippen LogP contribution in [0.4, 0.5) is 4.79 Å². The number of carboxylic acids is 2. The van der Waals surface area contributed by atoms with Crippen molar-refractivity contribution in [1.82, 2.24) is 5.32 Å². The Bertz CT molecular complexity index is 265. The van der Waals surface area contributed by atoms with Crippen molar-refractivity contribution < 1.29 is 29.7 Å². The molecule has 0 aliphatic rings. The van der Waals surface area contributed by atoms with E-state index in [4.69, 9.17) is 15.3 Å². The van der Waals surface area contributed by atoms with Gasteiger partial charge in [-0.05, 0) is 12.8 Å². The van der Waals surface area contributed by atoms with E-state index in [0.29, 0.717) is 19.3 Å². The number of carboxylic acid groups (broad SMARTS) is 3. The van der Waals surface area contributed by atoms with E-state index >= 15 is 0 Å². The quantitative estimate of drug-likeness (QED) is 0.458. The van der Waals surface area contributed by atoms with Gasteiger partial charge < -0.3 is 20.6 Å². The summed E-state index contributed by atoms with van der Waals surface area (Å²) in [6.45, 7) is 0. The molecule has 1 atom stereocenters. The van der Waals surface area contributed by atoms with Gasteiger partial charge in [0.1, 0.15) is 6.04 Å². The Morgan fingerprint density at radius 2 is 1.62 bits per heavy atom. The van der Waals surface area contributed by atoms with Crippen molar-refractivity contribution >= 4 is 18.0 Å². The van der Waals surface area contributed by atoms with E-state index in [1.54, 1.807) is 0 Å². The van der Waals surface area contributed by atoms with Crippen molar-refractivity contribution in [2.75, 3.05) is 0 Å². The van der Waals surface area contributed by atoms with Crippen LogP contribution in [0.5, 0.6) is 0 Å². The van der Waals surface area contributed by atoms with E-state index < -0.39 is 24.1 Å². The van der Waals surface area contributed by atoms with Gasteiger partial charge in [0.15, 0.2) is 0 Å². The van der Waals surface area contributed by atoms with Crippen molar-refractivity contribution in [2.24, 2.45) is 0 Å². The van der Waals surface area contributed by atoms with Gasteiger partial charge in [-0.3, -0.25) is 4.79 Å². The third-order valence-corrected chi connectivity index (χ3v) is 1.98. The van der Waals surface area contributed by atoms with Gasteiger partial charge in [0.25, 0.3) is 0 Å². The van der Waals surface area contributed by atoms with Gasteiger partial charge in [-0.1, -0.05) is 12.8 Å². The number of amides is 1. The fourth-order valence-electron chi connectivity index (χ4n) is 1.21. The average Bonchev–Trinajstić information content (AvgIpc) is 2.14. The van der Waals surface area contributed by atoms with Gasteiger partial charge in [-0.2, -0.15) is 0 Å². The molecule has 0 bridgehead atoms. The van der Waals surface area contributed by atoms with Crippen molar-refractivity contribution in [1.29, 1.82) is 0 Å². The highest BCUT2D eigenvalue weighted by Crippen LogP contribution is 2.06. The lowest BCUT2D eigenvalue weighted by Crippen LogP contribution is -2.39. The molecule has 0 aliphatic carbocycles. The molecule has 0 aliphatic heterocycles. The largest absolute Gasteiger partial charge is 0.481 e. The maximum absolute atomic E-state index is 10.6. The van der Waals surface area contributed by atoms with Crippen LogP contribution in [0.1, 0.15) is 32.1 Å². The van der Waals surface area contributed by atoms with Crippen LogP contribution in [0.25, 0.3) is 0 Å². The molecule has 1 unspecified atom stereocenters. The number of nitrogens with one attached hydrogen (secondary N) is 1. The number of hydrogen-bond donors (Lipinski definition) is 4. The third-order valence-electron chi connectivity index (χ3n) is 1.98. The number of unbranched alkanes of at least 4 members (excludes halogenated alkanes) is 2. The fraction of sp³-hybridized carbons (Fsp3) is 0.667. The second kappa shape index (κ2) is 7.49. The Morgan fingerprint density at radius 3 is 2.06 bits per heavy atom. The highest BCUT2D eigenvalue weighted by molar-refractivity contribution is 5.79. The van der Waals surface area contributed by atoms with Crippen LogP contribution in [0.2, 0.25) is 0 Å². The van der Waals surface area contributed by atoms with Gasteiger partial charge in [0.2, 0.25) is 0 Å². The van der Waals surface area contributed by atoms with Crippen molar-refractivity contribution in [2.45, 2.75) is 38.1 Å². The molecular formula is C9H15NO6. The molecule has 0 aromatic rings. The van der Waals surface area contributed by atoms with Gasteiger partial charge in [-0.15, -0.1) is 0 Å². The minimum atomic E-state index is -1.38. The van der Waals surface area contributed by atoms with Crippen molar-refractivity contribution in [3.8, 4) is 0 Å². The second-order valence-electron chi connectivity index (χ2n) is 3.33. The molecule has 0 fully saturated rings. The van der Waals surface area contributed by atoms with E-state index in [-0.39, 0.29) is 12.8 Å². The lowest BCUT2D eigenvalue weighted by Gasteiger charge is -2.11. The van der Waals surface area contributed by atoms with E-state index in [0.717, 1.165) is 0 Å². The third kappa shape index (κ3) is 7.60. The molecule has 0 radical (unpaired) electrons. The summed E-state index contributed by atoms with van der Waals surface area (Å²) in [5.74, 6) is -2.11. The van der Waals surface area contributed by atoms with Gasteiger partial charge in [0, 0.05) is 6.42 Å². The summed E-state index contributed by atoms with van der Waals surface area (Å²) in [6, 6.07) is -1.12. The number of rotatable bonds is 8. The summed E-state index contributed by atoms with van der Waals surface area (Å²) >= 11 is 0. The summed E-state index contributed by atoms with van der Waals surface area (Å²) in [4.78, 5) is 31.0. The first-order chi connectivity index (χ1) is 7.43. The molecule has 0 aromatic carbocycles. The molecule has 4 N–H and O–H groups in total. The Morgan fingerprint density at radius 1 is 1.00 bits per heavy atom. The van der Waals surface area contributed by atoms with Crippen LogP contribution in [-0.4, -0.2) is 39.4 Å². The van der Waals surface area contributed by atoms with Crippen LogP contribution < -0.4 is 5.32 Å². The fourth-order valence-corrected chi connectivity index (χ4v) is 1.21. The van der Waals surface area contributed by atoms with Crippen molar-refractivity contribution in [3.63, 3.8) is 0 Å². The zero-order valence-electron chi connectivity index (χ0n) is 8.68. The zero-order chi connectivity index (χ0) is 12.6. The number of hydrogen-bond acceptors (Lipinski definition) is 3. The smallest absolute Gasteiger partial charge is 0.405 e. The molecule has 92 valence electrons. The Hall–Kier alpha value is -1.79. The van der Waals surface area contributed by atoms with Crippen LogP contribution in [0.3, 0.4) is 0 Å². The number of aliphatic carboxylic acids is 2. The summed E-state index contributed by atoms with van der Waals surface area (Å²) in [7, 11) is 0. The topological polar surface area (TPSA) is 124 Å². The molecule has 1 amide bonds. The SMILES string of the molecule is O=C(O)CCCCCC(NC(=O)O)C(=O)O. The molecule has 16 heavy (non-hydrogen) atoms. The van der Waals surface area contributed by atoms with E-state index in [9.17, 15) is 14.4 Å². The highest BCUT2D eigenvalue weighted by atomic mass is 16.4. The van der Waals surface area contributed by atoms with Crippen LogP contribution in [0, 0.1) is 0 Å².